The van der Waals surface area contributed by atoms with Crippen molar-refractivity contribution in [3.8, 4) is 0 Å². The van der Waals surface area contributed by atoms with E-state index in [1.54, 1.807) is 29.3 Å². The lowest BCUT2D eigenvalue weighted by molar-refractivity contribution is -0.141. The summed E-state index contributed by atoms with van der Waals surface area (Å²) < 4.78 is 39.9. The Hall–Kier alpha value is -1.00. The highest BCUT2D eigenvalue weighted by Crippen LogP contribution is 2.40. The normalized spacial score (nSPS) is 22.1. The first-order valence-corrected chi connectivity index (χ1v) is 15.6. The molecule has 0 N–H and O–H groups in total. The van der Waals surface area contributed by atoms with Crippen LogP contribution in [0.4, 0.5) is 0 Å². The Labute approximate surface area is 196 Å². The molecule has 0 spiro atoms. The van der Waals surface area contributed by atoms with Crippen LogP contribution < -0.4 is 0 Å². The van der Waals surface area contributed by atoms with Gasteiger partial charge in [-0.1, -0.05) is 54.4 Å². The van der Waals surface area contributed by atoms with Crippen molar-refractivity contribution in [2.24, 2.45) is 5.92 Å². The zero-order valence-corrected chi connectivity index (χ0v) is 22.8. The minimum absolute atomic E-state index is 0.0157. The summed E-state index contributed by atoms with van der Waals surface area (Å²) in [5.41, 5.74) is 1.83. The van der Waals surface area contributed by atoms with E-state index in [0.717, 1.165) is 11.1 Å². The molecule has 0 aliphatic carbocycles. The Morgan fingerprint density at radius 1 is 1.26 bits per heavy atom. The zero-order valence-electron chi connectivity index (χ0n) is 19.4. The lowest BCUT2D eigenvalue weighted by Gasteiger charge is -2.38. The van der Waals surface area contributed by atoms with Gasteiger partial charge in [0.1, 0.15) is 0 Å². The smallest absolute Gasteiger partial charge is 0.306 e. The Balaban J connectivity index is 2.46. The second-order valence-corrected chi connectivity index (χ2v) is 16.7. The Morgan fingerprint density at radius 2 is 1.84 bits per heavy atom. The van der Waals surface area contributed by atoms with Crippen LogP contribution >= 0.6 is 15.9 Å². The molecule has 174 valence electrons. The maximum absolute atomic E-state index is 13.6. The average molecular weight is 533 g/mol. The third-order valence-electron chi connectivity index (χ3n) is 6.45. The van der Waals surface area contributed by atoms with Crippen LogP contribution in [0.5, 0.6) is 0 Å². The molecule has 0 bridgehead atoms. The molecule has 1 aliphatic heterocycles. The van der Waals surface area contributed by atoms with Crippen molar-refractivity contribution in [2.75, 3.05) is 20.3 Å². The molecule has 31 heavy (non-hydrogen) atoms. The summed E-state index contributed by atoms with van der Waals surface area (Å²) in [5, 5.41) is -0.0157. The van der Waals surface area contributed by atoms with Gasteiger partial charge in [-0.3, -0.25) is 4.79 Å². The molecular formula is C22H34BrNO5SSi. The Bertz CT molecular complexity index is 922. The fourth-order valence-electron chi connectivity index (χ4n) is 3.33. The van der Waals surface area contributed by atoms with Crippen LogP contribution in [-0.4, -0.2) is 53.3 Å². The summed E-state index contributed by atoms with van der Waals surface area (Å²) in [6, 6.07) is 6.33. The van der Waals surface area contributed by atoms with Gasteiger partial charge in [-0.2, -0.15) is 4.31 Å². The van der Waals surface area contributed by atoms with Crippen molar-refractivity contribution >= 4 is 40.2 Å². The number of nitrogens with zero attached hydrogens (tertiary/aromatic N) is 1. The predicted molar refractivity (Wildman–Crippen MR) is 129 cm³/mol. The average Bonchev–Trinajstić information content (AvgIpc) is 3.03. The number of benzene rings is 1. The number of methoxy groups -OCH3 is 1. The monoisotopic (exact) mass is 531 g/mol. The van der Waals surface area contributed by atoms with E-state index in [9.17, 15) is 13.2 Å². The second kappa shape index (κ2) is 9.87. The van der Waals surface area contributed by atoms with Crippen LogP contribution in [0.2, 0.25) is 18.1 Å². The molecule has 1 aromatic carbocycles. The molecule has 0 aromatic heterocycles. The first-order chi connectivity index (χ1) is 14.2. The first-order valence-electron chi connectivity index (χ1n) is 10.3. The number of halogens is 1. The molecule has 0 amide bonds. The van der Waals surface area contributed by atoms with Gasteiger partial charge in [0.05, 0.1) is 31.1 Å². The second-order valence-electron chi connectivity index (χ2n) is 9.57. The summed E-state index contributed by atoms with van der Waals surface area (Å²) in [6.45, 7) is 13.1. The fourth-order valence-corrected chi connectivity index (χ4v) is 6.46. The van der Waals surface area contributed by atoms with E-state index in [1.165, 1.54) is 11.4 Å². The lowest BCUT2D eigenvalue weighted by Crippen LogP contribution is -2.47. The van der Waals surface area contributed by atoms with Gasteiger partial charge in [0.15, 0.2) is 8.32 Å². The van der Waals surface area contributed by atoms with Crippen LogP contribution in [0.25, 0.3) is 0 Å². The number of ether oxygens (including phenoxy) is 1. The summed E-state index contributed by atoms with van der Waals surface area (Å²) in [5.74, 6) is -0.694. The molecule has 1 saturated heterocycles. The largest absolute Gasteiger partial charge is 0.469 e. The van der Waals surface area contributed by atoms with E-state index in [1.807, 2.05) is 6.92 Å². The molecule has 1 aromatic rings. The van der Waals surface area contributed by atoms with Gasteiger partial charge in [0.2, 0.25) is 10.0 Å². The number of esters is 1. The van der Waals surface area contributed by atoms with Gasteiger partial charge in [-0.15, -0.1) is 0 Å². The highest BCUT2D eigenvalue weighted by Gasteiger charge is 2.47. The minimum atomic E-state index is -3.77. The van der Waals surface area contributed by atoms with Crippen LogP contribution in [0.1, 0.15) is 32.8 Å². The SMILES string of the molecule is COC(=O)C[C@H]1/C(=C\Br)CN(S(=O)(=O)c2ccc(C)cc2)[C@@H]1CO[Si](C)(C)C(C)(C)C. The van der Waals surface area contributed by atoms with Crippen molar-refractivity contribution in [1.29, 1.82) is 0 Å². The number of rotatable bonds is 7. The molecule has 1 aliphatic rings. The van der Waals surface area contributed by atoms with Gasteiger partial charge >= 0.3 is 5.97 Å². The Kier molecular flexibility index (Phi) is 8.35. The van der Waals surface area contributed by atoms with Gasteiger partial charge < -0.3 is 9.16 Å². The lowest BCUT2D eigenvalue weighted by atomic mass is 9.94. The zero-order chi connectivity index (χ0) is 23.6. The van der Waals surface area contributed by atoms with Crippen molar-refractivity contribution in [3.63, 3.8) is 0 Å². The molecule has 2 atom stereocenters. The number of sulfonamides is 1. The number of carbonyl (C=O) groups excluding carboxylic acids is 1. The van der Waals surface area contributed by atoms with Gasteiger partial charge in [0.25, 0.3) is 0 Å². The number of carbonyl (C=O) groups is 1. The summed E-state index contributed by atoms with van der Waals surface area (Å²) in [7, 11) is -4.55. The summed E-state index contributed by atoms with van der Waals surface area (Å²) in [6.07, 6.45) is 0.0966. The highest BCUT2D eigenvalue weighted by atomic mass is 79.9. The van der Waals surface area contributed by atoms with E-state index >= 15 is 0 Å². The molecule has 2 rings (SSSR count). The van der Waals surface area contributed by atoms with Crippen LogP contribution in [0.3, 0.4) is 0 Å². The van der Waals surface area contributed by atoms with E-state index in [2.05, 4.69) is 49.8 Å². The topological polar surface area (TPSA) is 72.9 Å². The molecule has 0 unspecified atom stereocenters. The maximum Gasteiger partial charge on any atom is 0.306 e. The van der Waals surface area contributed by atoms with Gasteiger partial charge in [-0.05, 0) is 47.7 Å². The predicted octanol–water partition coefficient (Wildman–Crippen LogP) is 4.85. The highest BCUT2D eigenvalue weighted by molar-refractivity contribution is 9.11. The van der Waals surface area contributed by atoms with Gasteiger partial charge in [-0.25, -0.2) is 8.42 Å². The van der Waals surface area contributed by atoms with Crippen molar-refractivity contribution in [2.45, 2.75) is 63.2 Å². The molecule has 1 heterocycles. The molecule has 0 saturated carbocycles. The van der Waals surface area contributed by atoms with Crippen molar-refractivity contribution < 1.29 is 22.4 Å². The third-order valence-corrected chi connectivity index (χ3v) is 13.4. The minimum Gasteiger partial charge on any atom is -0.469 e. The number of hydrogen-bond donors (Lipinski definition) is 0. The summed E-state index contributed by atoms with van der Waals surface area (Å²) >= 11 is 3.37. The maximum atomic E-state index is 13.6. The van der Waals surface area contributed by atoms with E-state index in [-0.39, 0.29) is 41.4 Å². The number of aryl methyl sites for hydroxylation is 1. The molecular weight excluding hydrogens is 498 g/mol. The van der Waals surface area contributed by atoms with Gasteiger partial charge in [0, 0.05) is 12.5 Å². The van der Waals surface area contributed by atoms with Crippen LogP contribution in [0.15, 0.2) is 39.7 Å². The molecule has 6 nitrogen and oxygen atoms in total. The fraction of sp³-hybridized carbons (Fsp3) is 0.591. The van der Waals surface area contributed by atoms with Crippen LogP contribution in [-0.2, 0) is 24.0 Å². The molecule has 1 fully saturated rings. The summed E-state index contributed by atoms with van der Waals surface area (Å²) in [4.78, 5) is 14.1. The van der Waals surface area contributed by atoms with Crippen molar-refractivity contribution in [1.82, 2.24) is 4.31 Å². The van der Waals surface area contributed by atoms with Crippen LogP contribution in [0, 0.1) is 12.8 Å². The molecule has 9 heteroatoms. The third kappa shape index (κ3) is 5.87. The van der Waals surface area contributed by atoms with E-state index < -0.39 is 24.4 Å². The number of hydrogen-bond acceptors (Lipinski definition) is 5. The Morgan fingerprint density at radius 3 is 2.32 bits per heavy atom. The van der Waals surface area contributed by atoms with E-state index in [4.69, 9.17) is 9.16 Å². The first kappa shape index (κ1) is 26.3. The van der Waals surface area contributed by atoms with E-state index in [0.29, 0.717) is 0 Å². The van der Waals surface area contributed by atoms with Crippen molar-refractivity contribution in [3.05, 3.63) is 40.4 Å². The molecule has 0 radical (unpaired) electrons. The quantitative estimate of drug-likeness (QED) is 0.371. The standard InChI is InChI=1S/C22H34BrNO5SSi/c1-16-8-10-18(11-9-16)30(26,27)24-14-17(13-23)19(12-21(25)28-5)20(24)15-29-31(6,7)22(2,3)4/h8-11,13,19-20H,12,14-15H2,1-7H3/b17-13-/t19-,20+/m0/s1.